The molecule has 26 heavy (non-hydrogen) atoms. The van der Waals surface area contributed by atoms with Crippen molar-refractivity contribution in [3.8, 4) is 11.4 Å². The van der Waals surface area contributed by atoms with Crippen molar-refractivity contribution in [3.63, 3.8) is 0 Å². The number of rotatable bonds is 4. The van der Waals surface area contributed by atoms with E-state index < -0.39 is 5.97 Å². The maximum Gasteiger partial charge on any atom is 0.341 e. The summed E-state index contributed by atoms with van der Waals surface area (Å²) in [6, 6.07) is 8.70. The minimum Gasteiger partial charge on any atom is -0.507 e. The molecule has 1 N–H and O–H groups in total. The second kappa shape index (κ2) is 6.31. The number of carbonyl (C=O) groups is 2. The first-order valence-corrected chi connectivity index (χ1v) is 8.32. The van der Waals surface area contributed by atoms with Crippen LogP contribution in [0.15, 0.2) is 36.5 Å². The molecule has 6 nitrogen and oxygen atoms in total. The molecule has 2 aromatic carbocycles. The second-order valence-electron chi connectivity index (χ2n) is 6.13. The van der Waals surface area contributed by atoms with Crippen LogP contribution < -0.4 is 0 Å². The highest BCUT2D eigenvalue weighted by Gasteiger charge is 2.18. The normalized spacial score (nSPS) is 13.0. The molecule has 1 aliphatic rings. The van der Waals surface area contributed by atoms with E-state index >= 15 is 0 Å². The van der Waals surface area contributed by atoms with Gasteiger partial charge in [-0.2, -0.15) is 0 Å². The Bertz CT molecular complexity index is 1030. The zero-order valence-electron chi connectivity index (χ0n) is 14.2. The van der Waals surface area contributed by atoms with Gasteiger partial charge >= 0.3 is 5.97 Å². The number of ether oxygens (including phenoxy) is 2. The third-order valence-corrected chi connectivity index (χ3v) is 4.55. The molecule has 0 saturated carbocycles. The van der Waals surface area contributed by atoms with E-state index in [2.05, 4.69) is 0 Å². The van der Waals surface area contributed by atoms with Crippen molar-refractivity contribution in [1.29, 1.82) is 0 Å². The van der Waals surface area contributed by atoms with Crippen LogP contribution in [0.1, 0.15) is 38.8 Å². The van der Waals surface area contributed by atoms with Gasteiger partial charge < -0.3 is 19.1 Å². The molecule has 0 fully saturated rings. The fourth-order valence-corrected chi connectivity index (χ4v) is 3.28. The van der Waals surface area contributed by atoms with E-state index in [4.69, 9.17) is 9.47 Å². The van der Waals surface area contributed by atoms with Crippen LogP contribution >= 0.6 is 0 Å². The van der Waals surface area contributed by atoms with Crippen LogP contribution in [-0.2, 0) is 22.7 Å². The van der Waals surface area contributed by atoms with E-state index in [1.54, 1.807) is 19.2 Å². The summed E-state index contributed by atoms with van der Waals surface area (Å²) in [4.78, 5) is 23.3. The highest BCUT2D eigenvalue weighted by molar-refractivity contribution is 5.99. The van der Waals surface area contributed by atoms with Gasteiger partial charge in [0.15, 0.2) is 6.29 Å². The lowest BCUT2D eigenvalue weighted by Crippen LogP contribution is -2.05. The molecular formula is C20H17NO5. The number of hydrogen-bond donors (Lipinski definition) is 1. The van der Waals surface area contributed by atoms with Gasteiger partial charge in [0.1, 0.15) is 11.3 Å². The van der Waals surface area contributed by atoms with Gasteiger partial charge in [-0.25, -0.2) is 4.79 Å². The number of esters is 1. The highest BCUT2D eigenvalue weighted by Crippen LogP contribution is 2.32. The molecule has 0 spiro atoms. The minimum atomic E-state index is -0.572. The first kappa shape index (κ1) is 16.4. The van der Waals surface area contributed by atoms with Gasteiger partial charge in [-0.3, -0.25) is 4.79 Å². The fourth-order valence-electron chi connectivity index (χ4n) is 3.28. The van der Waals surface area contributed by atoms with Crippen molar-refractivity contribution in [1.82, 2.24) is 4.57 Å². The first-order valence-electron chi connectivity index (χ1n) is 8.32. The monoisotopic (exact) mass is 351 g/mol. The van der Waals surface area contributed by atoms with Gasteiger partial charge in [0.2, 0.25) is 0 Å². The Morgan fingerprint density at radius 1 is 1.27 bits per heavy atom. The summed E-state index contributed by atoms with van der Waals surface area (Å²) in [5, 5.41) is 11.1. The highest BCUT2D eigenvalue weighted by atomic mass is 16.5. The molecule has 2 heterocycles. The number of fused-ring (bicyclic) bond motifs is 2. The molecule has 1 aliphatic heterocycles. The van der Waals surface area contributed by atoms with Crippen LogP contribution in [0.4, 0.5) is 0 Å². The van der Waals surface area contributed by atoms with E-state index in [-0.39, 0.29) is 17.9 Å². The molecular weight excluding hydrogens is 334 g/mol. The zero-order chi connectivity index (χ0) is 18.3. The topological polar surface area (TPSA) is 77.8 Å². The molecule has 3 aromatic rings. The summed E-state index contributed by atoms with van der Waals surface area (Å²) in [5.74, 6) is -0.739. The van der Waals surface area contributed by atoms with Crippen molar-refractivity contribution >= 4 is 23.2 Å². The Kier molecular flexibility index (Phi) is 3.97. The number of aldehydes is 1. The minimum absolute atomic E-state index is 0.108. The first-order chi connectivity index (χ1) is 12.6. The van der Waals surface area contributed by atoms with E-state index in [9.17, 15) is 14.7 Å². The van der Waals surface area contributed by atoms with Crippen LogP contribution in [0, 0.1) is 0 Å². The summed E-state index contributed by atoms with van der Waals surface area (Å²) in [5.41, 5.74) is 4.33. The molecule has 0 atom stereocenters. The molecule has 0 unspecified atom stereocenters. The third kappa shape index (κ3) is 2.55. The predicted molar refractivity (Wildman–Crippen MR) is 94.8 cm³/mol. The smallest absolute Gasteiger partial charge is 0.341 e. The fraction of sp³-hybridized carbons (Fsp3) is 0.200. The van der Waals surface area contributed by atoms with E-state index in [1.165, 1.54) is 12.1 Å². The molecule has 0 bridgehead atoms. The molecule has 4 rings (SSSR count). The molecule has 6 heteroatoms. The Balaban J connectivity index is 1.85. The van der Waals surface area contributed by atoms with Crippen LogP contribution in [0.5, 0.6) is 5.75 Å². The number of phenolic OH excluding ortho intramolecular Hbond substituents is 1. The van der Waals surface area contributed by atoms with Crippen molar-refractivity contribution in [2.45, 2.75) is 20.1 Å². The zero-order valence-corrected chi connectivity index (χ0v) is 14.2. The summed E-state index contributed by atoms with van der Waals surface area (Å²) < 4.78 is 12.2. The lowest BCUT2D eigenvalue weighted by Gasteiger charge is -2.10. The number of benzene rings is 2. The maximum absolute atomic E-state index is 11.9. The van der Waals surface area contributed by atoms with Gasteiger partial charge in [0, 0.05) is 28.9 Å². The number of carbonyl (C=O) groups excluding carboxylic acids is 2. The van der Waals surface area contributed by atoms with Gasteiger partial charge in [-0.05, 0) is 42.3 Å². The Labute approximate surface area is 149 Å². The molecule has 0 amide bonds. The number of nitrogens with zero attached hydrogens (tertiary/aromatic N) is 1. The summed E-state index contributed by atoms with van der Waals surface area (Å²) in [7, 11) is 0. The number of phenols is 1. The SMILES string of the molecule is CCOC(=O)c1ccc(-n2cc(C=O)c3cc4c(cc32)COC4)cc1O. The van der Waals surface area contributed by atoms with Gasteiger partial charge in [-0.15, -0.1) is 0 Å². The molecule has 0 saturated heterocycles. The van der Waals surface area contributed by atoms with E-state index in [0.717, 1.165) is 28.3 Å². The van der Waals surface area contributed by atoms with Gasteiger partial charge in [-0.1, -0.05) is 0 Å². The Hall–Kier alpha value is -3.12. The number of aromatic hydroxyl groups is 1. The van der Waals surface area contributed by atoms with Crippen molar-refractivity contribution < 1.29 is 24.2 Å². The van der Waals surface area contributed by atoms with Crippen LogP contribution in [0.25, 0.3) is 16.6 Å². The lowest BCUT2D eigenvalue weighted by molar-refractivity contribution is 0.0523. The molecule has 1 aromatic heterocycles. The number of hydrogen-bond acceptors (Lipinski definition) is 5. The van der Waals surface area contributed by atoms with Crippen LogP contribution in [0.3, 0.4) is 0 Å². The van der Waals surface area contributed by atoms with Gasteiger partial charge in [0.25, 0.3) is 0 Å². The summed E-state index contributed by atoms with van der Waals surface area (Å²) in [6.45, 7) is 3.03. The van der Waals surface area contributed by atoms with E-state index in [0.29, 0.717) is 24.5 Å². The molecule has 0 aliphatic carbocycles. The van der Waals surface area contributed by atoms with Crippen molar-refractivity contribution in [3.05, 3.63) is 58.8 Å². The Morgan fingerprint density at radius 2 is 2.04 bits per heavy atom. The van der Waals surface area contributed by atoms with Crippen LogP contribution in [0.2, 0.25) is 0 Å². The molecule has 0 radical (unpaired) electrons. The van der Waals surface area contributed by atoms with E-state index in [1.807, 2.05) is 16.7 Å². The largest absolute Gasteiger partial charge is 0.507 e. The lowest BCUT2D eigenvalue weighted by atomic mass is 10.1. The quantitative estimate of drug-likeness (QED) is 0.576. The Morgan fingerprint density at radius 3 is 2.73 bits per heavy atom. The predicted octanol–water partition coefficient (Wildman–Crippen LogP) is 3.36. The van der Waals surface area contributed by atoms with Crippen molar-refractivity contribution in [2.75, 3.05) is 6.61 Å². The molecule has 132 valence electrons. The average molecular weight is 351 g/mol. The average Bonchev–Trinajstić information content (AvgIpc) is 3.23. The van der Waals surface area contributed by atoms with Crippen molar-refractivity contribution in [2.24, 2.45) is 0 Å². The number of aromatic nitrogens is 1. The summed E-state index contributed by atoms with van der Waals surface area (Å²) in [6.07, 6.45) is 2.54. The third-order valence-electron chi connectivity index (χ3n) is 4.55. The maximum atomic E-state index is 11.9. The van der Waals surface area contributed by atoms with Gasteiger partial charge in [0.05, 0.1) is 25.3 Å². The second-order valence-corrected chi connectivity index (χ2v) is 6.13. The standard InChI is InChI=1S/C20H17NO5/c1-2-26-20(24)16-4-3-15(7-19(16)23)21-8-14(9-22)17-5-12-10-25-11-13(12)6-18(17)21/h3-9,23H,2,10-11H2,1H3. The van der Waals surface area contributed by atoms with Crippen LogP contribution in [-0.4, -0.2) is 28.5 Å². The summed E-state index contributed by atoms with van der Waals surface area (Å²) >= 11 is 0.